The number of hydrogen-bond donors (Lipinski definition) is 2. The van der Waals surface area contributed by atoms with Gasteiger partial charge < -0.3 is 15.1 Å². The maximum absolute atomic E-state index is 12.8. The fraction of sp³-hybridized carbons (Fsp3) is 0.250. The maximum atomic E-state index is 12.8. The standard InChI is InChI=1S/C20H20N2O4S/c23-18-9-10-22(13-19(18)24)17-8-4-5-14-11-16(12-21-20(14)17)27(25,26)15-6-2-1-3-7-15/h1-8,11-12,18-19,23-24H,9-10,13H2. The first-order valence-electron chi connectivity index (χ1n) is 8.77. The lowest BCUT2D eigenvalue weighted by Crippen LogP contribution is -2.46. The Morgan fingerprint density at radius 3 is 2.48 bits per heavy atom. The maximum Gasteiger partial charge on any atom is 0.208 e. The second kappa shape index (κ2) is 6.92. The summed E-state index contributed by atoms with van der Waals surface area (Å²) in [6.45, 7) is 0.912. The van der Waals surface area contributed by atoms with Crippen molar-refractivity contribution in [1.29, 1.82) is 0 Å². The van der Waals surface area contributed by atoms with Crippen molar-refractivity contribution in [1.82, 2.24) is 4.98 Å². The van der Waals surface area contributed by atoms with E-state index in [0.717, 1.165) is 5.69 Å². The molecule has 4 rings (SSSR count). The van der Waals surface area contributed by atoms with E-state index >= 15 is 0 Å². The molecule has 3 aromatic rings. The van der Waals surface area contributed by atoms with Crippen molar-refractivity contribution < 1.29 is 18.6 Å². The number of benzene rings is 2. The number of piperidine rings is 1. The monoisotopic (exact) mass is 384 g/mol. The summed E-state index contributed by atoms with van der Waals surface area (Å²) in [5, 5.41) is 20.4. The number of nitrogens with zero attached hydrogens (tertiary/aromatic N) is 2. The van der Waals surface area contributed by atoms with Crippen LogP contribution in [0.15, 0.2) is 70.6 Å². The van der Waals surface area contributed by atoms with Crippen molar-refractivity contribution in [3.05, 3.63) is 60.8 Å². The van der Waals surface area contributed by atoms with Crippen LogP contribution in [0, 0.1) is 0 Å². The van der Waals surface area contributed by atoms with Gasteiger partial charge in [0.15, 0.2) is 0 Å². The lowest BCUT2D eigenvalue weighted by molar-refractivity contribution is 0.00807. The summed E-state index contributed by atoms with van der Waals surface area (Å²) in [6, 6.07) is 15.5. The molecule has 1 aliphatic rings. The Morgan fingerprint density at radius 1 is 0.963 bits per heavy atom. The van der Waals surface area contributed by atoms with Gasteiger partial charge in [-0.25, -0.2) is 8.42 Å². The van der Waals surface area contributed by atoms with Crippen LogP contribution in [0.1, 0.15) is 6.42 Å². The molecule has 0 radical (unpaired) electrons. The van der Waals surface area contributed by atoms with E-state index in [1.54, 1.807) is 36.4 Å². The average molecular weight is 384 g/mol. The van der Waals surface area contributed by atoms with Gasteiger partial charge in [0.05, 0.1) is 33.2 Å². The smallest absolute Gasteiger partial charge is 0.208 e. The molecule has 2 aromatic carbocycles. The Morgan fingerprint density at radius 2 is 1.74 bits per heavy atom. The Hall–Kier alpha value is -2.48. The summed E-state index contributed by atoms with van der Waals surface area (Å²) in [6.07, 6.45) is 0.319. The van der Waals surface area contributed by atoms with E-state index in [1.807, 2.05) is 23.1 Å². The fourth-order valence-electron chi connectivity index (χ4n) is 3.40. The predicted molar refractivity (Wildman–Crippen MR) is 102 cm³/mol. The first-order chi connectivity index (χ1) is 13.0. The molecule has 0 bridgehead atoms. The molecule has 0 saturated carbocycles. The first-order valence-corrected chi connectivity index (χ1v) is 10.2. The molecule has 27 heavy (non-hydrogen) atoms. The van der Waals surface area contributed by atoms with Crippen molar-refractivity contribution in [3.63, 3.8) is 0 Å². The van der Waals surface area contributed by atoms with Gasteiger partial charge in [0, 0.05) is 24.7 Å². The third-order valence-electron chi connectivity index (χ3n) is 4.92. The van der Waals surface area contributed by atoms with Crippen LogP contribution in [-0.2, 0) is 9.84 Å². The highest BCUT2D eigenvalue weighted by atomic mass is 32.2. The Kier molecular flexibility index (Phi) is 4.59. The van der Waals surface area contributed by atoms with Crippen molar-refractivity contribution in [2.24, 2.45) is 0 Å². The second-order valence-corrected chi connectivity index (χ2v) is 8.66. The van der Waals surface area contributed by atoms with E-state index in [4.69, 9.17) is 0 Å². The second-order valence-electron chi connectivity index (χ2n) is 6.71. The first kappa shape index (κ1) is 17.9. The fourth-order valence-corrected chi connectivity index (χ4v) is 4.66. The normalized spacial score (nSPS) is 20.7. The van der Waals surface area contributed by atoms with Gasteiger partial charge in [0.25, 0.3) is 0 Å². The molecule has 2 atom stereocenters. The zero-order valence-corrected chi connectivity index (χ0v) is 15.4. The van der Waals surface area contributed by atoms with Crippen LogP contribution in [0.3, 0.4) is 0 Å². The van der Waals surface area contributed by atoms with E-state index in [0.29, 0.717) is 30.4 Å². The number of fused-ring (bicyclic) bond motifs is 1. The number of aromatic nitrogens is 1. The van der Waals surface area contributed by atoms with Gasteiger partial charge in [-0.1, -0.05) is 30.3 Å². The number of sulfone groups is 1. The number of aliphatic hydroxyl groups excluding tert-OH is 2. The van der Waals surface area contributed by atoms with Crippen molar-refractivity contribution in [2.75, 3.05) is 18.0 Å². The van der Waals surface area contributed by atoms with Crippen LogP contribution in [0.5, 0.6) is 0 Å². The zero-order chi connectivity index (χ0) is 19.0. The molecule has 1 saturated heterocycles. The summed E-state index contributed by atoms with van der Waals surface area (Å²) < 4.78 is 25.7. The molecule has 2 N–H and O–H groups in total. The molecule has 1 aliphatic heterocycles. The van der Waals surface area contributed by atoms with E-state index in [2.05, 4.69) is 4.98 Å². The summed E-state index contributed by atoms with van der Waals surface area (Å²) in [5.41, 5.74) is 1.50. The number of para-hydroxylation sites is 1. The van der Waals surface area contributed by atoms with Crippen LogP contribution < -0.4 is 4.90 Å². The summed E-state index contributed by atoms with van der Waals surface area (Å²) in [5.74, 6) is 0. The third kappa shape index (κ3) is 3.29. The number of hydrogen-bond acceptors (Lipinski definition) is 6. The van der Waals surface area contributed by atoms with Gasteiger partial charge in [-0.2, -0.15) is 0 Å². The third-order valence-corrected chi connectivity index (χ3v) is 6.65. The number of pyridine rings is 1. The molecule has 1 fully saturated rings. The molecule has 2 unspecified atom stereocenters. The number of β-amino-alcohol motifs (C(OH)–C–C–N with tert-alkyl or cyclic N) is 1. The molecule has 140 valence electrons. The highest BCUT2D eigenvalue weighted by molar-refractivity contribution is 7.91. The molecule has 2 heterocycles. The van der Waals surface area contributed by atoms with Gasteiger partial charge in [-0.05, 0) is 30.7 Å². The van der Waals surface area contributed by atoms with Crippen molar-refractivity contribution >= 4 is 26.4 Å². The molecule has 0 aliphatic carbocycles. The van der Waals surface area contributed by atoms with Crippen molar-refractivity contribution in [2.45, 2.75) is 28.4 Å². The van der Waals surface area contributed by atoms with Gasteiger partial charge in [0.2, 0.25) is 9.84 Å². The lowest BCUT2D eigenvalue weighted by atomic mass is 10.0. The molecule has 7 heteroatoms. The van der Waals surface area contributed by atoms with E-state index in [1.165, 1.54) is 6.20 Å². The summed E-state index contributed by atoms with van der Waals surface area (Å²) in [7, 11) is -3.63. The van der Waals surface area contributed by atoms with Crippen LogP contribution >= 0.6 is 0 Å². The molecule has 0 amide bonds. The summed E-state index contributed by atoms with van der Waals surface area (Å²) in [4.78, 5) is 6.78. The number of rotatable bonds is 3. The minimum Gasteiger partial charge on any atom is -0.390 e. The van der Waals surface area contributed by atoms with Gasteiger partial charge in [-0.15, -0.1) is 0 Å². The number of anilines is 1. The van der Waals surface area contributed by atoms with Gasteiger partial charge in [0.1, 0.15) is 0 Å². The van der Waals surface area contributed by atoms with Gasteiger partial charge >= 0.3 is 0 Å². The molecular formula is C20H20N2O4S. The van der Waals surface area contributed by atoms with Crippen LogP contribution in [0.2, 0.25) is 0 Å². The van der Waals surface area contributed by atoms with E-state index < -0.39 is 22.0 Å². The van der Waals surface area contributed by atoms with Crippen LogP contribution in [0.4, 0.5) is 5.69 Å². The highest BCUT2D eigenvalue weighted by Crippen LogP contribution is 2.30. The van der Waals surface area contributed by atoms with Crippen LogP contribution in [-0.4, -0.2) is 48.9 Å². The topological polar surface area (TPSA) is 90.7 Å². The highest BCUT2D eigenvalue weighted by Gasteiger charge is 2.27. The minimum absolute atomic E-state index is 0.146. The van der Waals surface area contributed by atoms with E-state index in [9.17, 15) is 18.6 Å². The predicted octanol–water partition coefficient (Wildman–Crippen LogP) is 2.00. The average Bonchev–Trinajstić information content (AvgIpc) is 2.70. The molecular weight excluding hydrogens is 364 g/mol. The largest absolute Gasteiger partial charge is 0.390 e. The minimum atomic E-state index is -3.63. The van der Waals surface area contributed by atoms with E-state index in [-0.39, 0.29) is 9.79 Å². The molecule has 6 nitrogen and oxygen atoms in total. The zero-order valence-electron chi connectivity index (χ0n) is 14.6. The Balaban J connectivity index is 1.75. The van der Waals surface area contributed by atoms with Crippen LogP contribution in [0.25, 0.3) is 10.9 Å². The molecule has 1 aromatic heterocycles. The molecule has 0 spiro atoms. The summed E-state index contributed by atoms with van der Waals surface area (Å²) >= 11 is 0. The Labute approximate surface area is 157 Å². The Bertz CT molecular complexity index is 1070. The SMILES string of the molecule is O=S(=O)(c1ccccc1)c1cnc2c(N3CCC(O)C(O)C3)cccc2c1. The lowest BCUT2D eigenvalue weighted by Gasteiger charge is -2.35. The van der Waals surface area contributed by atoms with Gasteiger partial charge in [-0.3, -0.25) is 4.98 Å². The quantitative estimate of drug-likeness (QED) is 0.718. The number of aliphatic hydroxyl groups is 2. The van der Waals surface area contributed by atoms with Crippen molar-refractivity contribution in [3.8, 4) is 0 Å².